The molecule has 0 saturated carbocycles. The molecule has 1 aliphatic heterocycles. The van der Waals surface area contributed by atoms with Crippen LogP contribution in [0.1, 0.15) is 19.4 Å². The van der Waals surface area contributed by atoms with Gasteiger partial charge in [0.25, 0.3) is 0 Å². The number of anilines is 2. The zero-order chi connectivity index (χ0) is 11.2. The van der Waals surface area contributed by atoms with Crippen LogP contribution >= 0.6 is 0 Å². The summed E-state index contributed by atoms with van der Waals surface area (Å²) >= 11 is 0. The van der Waals surface area contributed by atoms with Crippen molar-refractivity contribution >= 4 is 17.3 Å². The van der Waals surface area contributed by atoms with E-state index < -0.39 is 5.82 Å². The first kappa shape index (κ1) is 13.0. The Morgan fingerprint density at radius 3 is 2.62 bits per heavy atom. The molecule has 0 aliphatic carbocycles. The summed E-state index contributed by atoms with van der Waals surface area (Å²) in [7, 11) is 0. The Morgan fingerprint density at radius 1 is 1.44 bits per heavy atom. The van der Waals surface area contributed by atoms with E-state index in [9.17, 15) is 9.18 Å². The smallest absolute Gasteiger partial charge is 0.231 e. The van der Waals surface area contributed by atoms with Crippen molar-refractivity contribution < 1.29 is 26.3 Å². The van der Waals surface area contributed by atoms with Crippen LogP contribution in [0, 0.1) is 5.82 Å². The standard InChI is InChI=1S/C11H13FN2O.Fe/c1-6(2)14-10(15)4-7-3-8(13)5-9(12)11(7)14;/h3,5-6H,4,13H2,1-2H3;. The summed E-state index contributed by atoms with van der Waals surface area (Å²) in [5.74, 6) is -0.478. The van der Waals surface area contributed by atoms with Crippen molar-refractivity contribution in [2.75, 3.05) is 10.6 Å². The number of amides is 1. The molecule has 2 rings (SSSR count). The number of fused-ring (bicyclic) bond motifs is 1. The van der Waals surface area contributed by atoms with Crippen molar-refractivity contribution in [3.63, 3.8) is 0 Å². The maximum Gasteiger partial charge on any atom is 0.231 e. The minimum Gasteiger partial charge on any atom is -0.399 e. The van der Waals surface area contributed by atoms with Gasteiger partial charge in [-0.1, -0.05) is 0 Å². The van der Waals surface area contributed by atoms with Crippen LogP contribution in [-0.4, -0.2) is 11.9 Å². The fourth-order valence-electron chi connectivity index (χ4n) is 2.00. The minimum atomic E-state index is -0.412. The number of carbonyl (C=O) groups excluding carboxylic acids is 1. The SMILES string of the molecule is CC(C)N1C(=O)Cc2cc(N)cc(F)c21.[Fe]. The van der Waals surface area contributed by atoms with E-state index in [0.29, 0.717) is 16.9 Å². The molecule has 2 N–H and O–H groups in total. The van der Waals surface area contributed by atoms with Gasteiger partial charge in [0.05, 0.1) is 12.1 Å². The minimum absolute atomic E-state index is 0. The molecule has 1 aliphatic rings. The molecular formula is C11H13FFeN2O. The largest absolute Gasteiger partial charge is 0.399 e. The molecule has 1 aromatic rings. The van der Waals surface area contributed by atoms with E-state index in [1.165, 1.54) is 11.0 Å². The van der Waals surface area contributed by atoms with Crippen molar-refractivity contribution in [1.82, 2.24) is 0 Å². The van der Waals surface area contributed by atoms with Gasteiger partial charge in [-0.15, -0.1) is 0 Å². The van der Waals surface area contributed by atoms with E-state index in [4.69, 9.17) is 5.73 Å². The number of hydrogen-bond acceptors (Lipinski definition) is 2. The second-order valence-corrected chi connectivity index (χ2v) is 4.04. The van der Waals surface area contributed by atoms with Crippen LogP contribution < -0.4 is 10.6 Å². The Kier molecular flexibility index (Phi) is 3.61. The maximum absolute atomic E-state index is 13.7. The van der Waals surface area contributed by atoms with Crippen molar-refractivity contribution in [2.45, 2.75) is 26.3 Å². The van der Waals surface area contributed by atoms with Crippen LogP contribution in [0.2, 0.25) is 0 Å². The summed E-state index contributed by atoms with van der Waals surface area (Å²) in [6.45, 7) is 3.73. The second-order valence-electron chi connectivity index (χ2n) is 4.04. The van der Waals surface area contributed by atoms with Crippen LogP contribution in [0.15, 0.2) is 12.1 Å². The summed E-state index contributed by atoms with van der Waals surface area (Å²) in [5, 5.41) is 0. The Morgan fingerprint density at radius 2 is 2.06 bits per heavy atom. The van der Waals surface area contributed by atoms with Gasteiger partial charge in [-0.25, -0.2) is 4.39 Å². The summed E-state index contributed by atoms with van der Waals surface area (Å²) in [4.78, 5) is 13.1. The number of benzene rings is 1. The van der Waals surface area contributed by atoms with Crippen LogP contribution in [0.5, 0.6) is 0 Å². The third-order valence-corrected chi connectivity index (χ3v) is 2.53. The molecule has 16 heavy (non-hydrogen) atoms. The van der Waals surface area contributed by atoms with Crippen LogP contribution in [0.4, 0.5) is 15.8 Å². The third-order valence-electron chi connectivity index (χ3n) is 2.53. The molecule has 0 radical (unpaired) electrons. The Bertz CT molecular complexity index is 434. The first-order chi connectivity index (χ1) is 7.00. The molecule has 0 bridgehead atoms. The van der Waals surface area contributed by atoms with E-state index in [-0.39, 0.29) is 35.4 Å². The Hall–Kier alpha value is -1.06. The Balaban J connectivity index is 0.00000128. The van der Waals surface area contributed by atoms with Gasteiger partial charge < -0.3 is 10.6 Å². The molecule has 0 saturated heterocycles. The van der Waals surface area contributed by atoms with Crippen LogP contribution in [0.25, 0.3) is 0 Å². The molecular weight excluding hydrogens is 251 g/mol. The zero-order valence-corrected chi connectivity index (χ0v) is 10.2. The second kappa shape index (κ2) is 4.44. The van der Waals surface area contributed by atoms with Gasteiger partial charge in [0, 0.05) is 28.8 Å². The molecule has 1 aromatic carbocycles. The number of rotatable bonds is 1. The van der Waals surface area contributed by atoms with Gasteiger partial charge in [-0.3, -0.25) is 4.79 Å². The summed E-state index contributed by atoms with van der Waals surface area (Å²) < 4.78 is 13.7. The summed E-state index contributed by atoms with van der Waals surface area (Å²) in [6.07, 6.45) is 0.246. The monoisotopic (exact) mass is 264 g/mol. The van der Waals surface area contributed by atoms with Gasteiger partial charge in [0.1, 0.15) is 5.82 Å². The quantitative estimate of drug-likeness (QED) is 0.620. The molecule has 88 valence electrons. The van der Waals surface area contributed by atoms with E-state index in [0.717, 1.165) is 0 Å². The molecule has 1 heterocycles. The first-order valence-electron chi connectivity index (χ1n) is 4.90. The molecule has 0 unspecified atom stereocenters. The molecule has 3 nitrogen and oxygen atoms in total. The van der Waals surface area contributed by atoms with E-state index in [1.807, 2.05) is 13.8 Å². The van der Waals surface area contributed by atoms with E-state index in [1.54, 1.807) is 6.07 Å². The van der Waals surface area contributed by atoms with Gasteiger partial charge in [0.15, 0.2) is 0 Å². The average molecular weight is 264 g/mol. The summed E-state index contributed by atoms with van der Waals surface area (Å²) in [6, 6.07) is 2.89. The van der Waals surface area contributed by atoms with Crippen molar-refractivity contribution in [2.24, 2.45) is 0 Å². The molecule has 5 heteroatoms. The summed E-state index contributed by atoms with van der Waals surface area (Å²) in [5.41, 5.74) is 6.97. The number of nitrogens with zero attached hydrogens (tertiary/aromatic N) is 1. The topological polar surface area (TPSA) is 46.3 Å². The van der Waals surface area contributed by atoms with Gasteiger partial charge in [-0.2, -0.15) is 0 Å². The molecule has 1 amide bonds. The maximum atomic E-state index is 13.7. The first-order valence-corrected chi connectivity index (χ1v) is 4.90. The van der Waals surface area contributed by atoms with Gasteiger partial charge in [0.2, 0.25) is 5.91 Å². The van der Waals surface area contributed by atoms with Crippen LogP contribution in [-0.2, 0) is 28.3 Å². The zero-order valence-electron chi connectivity index (χ0n) is 9.10. The van der Waals surface area contributed by atoms with Gasteiger partial charge >= 0.3 is 0 Å². The number of carbonyl (C=O) groups is 1. The molecule has 0 aromatic heterocycles. The number of nitrogens with two attached hydrogens (primary N) is 1. The fourth-order valence-corrected chi connectivity index (χ4v) is 2.00. The fraction of sp³-hybridized carbons (Fsp3) is 0.364. The molecule has 0 fully saturated rings. The third kappa shape index (κ3) is 1.93. The van der Waals surface area contributed by atoms with Crippen molar-refractivity contribution in [1.29, 1.82) is 0 Å². The van der Waals surface area contributed by atoms with Gasteiger partial charge in [-0.05, 0) is 31.5 Å². The van der Waals surface area contributed by atoms with Crippen LogP contribution in [0.3, 0.4) is 0 Å². The number of nitrogen functional groups attached to an aromatic ring is 1. The normalized spacial score (nSPS) is 14.0. The molecule has 0 atom stereocenters. The predicted molar refractivity (Wildman–Crippen MR) is 57.1 cm³/mol. The van der Waals surface area contributed by atoms with Crippen molar-refractivity contribution in [3.05, 3.63) is 23.5 Å². The predicted octanol–water partition coefficient (Wildman–Crippen LogP) is 1.70. The number of hydrogen-bond donors (Lipinski definition) is 1. The van der Waals surface area contributed by atoms with E-state index in [2.05, 4.69) is 0 Å². The molecule has 0 spiro atoms. The average Bonchev–Trinajstić information content (AvgIpc) is 2.40. The number of halogens is 1. The van der Waals surface area contributed by atoms with E-state index >= 15 is 0 Å². The Labute approximate surface area is 104 Å². The van der Waals surface area contributed by atoms with Crippen molar-refractivity contribution in [3.8, 4) is 0 Å².